The topological polar surface area (TPSA) is 134 Å². The highest BCUT2D eigenvalue weighted by molar-refractivity contribution is 7.98. The van der Waals surface area contributed by atoms with Crippen LogP contribution in [0.3, 0.4) is 0 Å². The molecule has 1 atom stereocenters. The summed E-state index contributed by atoms with van der Waals surface area (Å²) in [7, 11) is -4.16. The Bertz CT molecular complexity index is 1570. The van der Waals surface area contributed by atoms with Crippen molar-refractivity contribution < 1.29 is 23.4 Å². The van der Waals surface area contributed by atoms with E-state index < -0.39 is 28.8 Å². The number of amides is 2. The van der Waals surface area contributed by atoms with Crippen molar-refractivity contribution in [2.75, 3.05) is 12.9 Å². The third kappa shape index (κ3) is 7.36. The van der Waals surface area contributed by atoms with Crippen LogP contribution in [-0.2, 0) is 29.5 Å². The van der Waals surface area contributed by atoms with Gasteiger partial charge in [-0.25, -0.2) is 22.9 Å². The van der Waals surface area contributed by atoms with Crippen molar-refractivity contribution in [1.82, 2.24) is 19.6 Å². The maximum atomic E-state index is 13.2. The molecule has 1 heterocycles. The molecule has 216 valence electrons. The number of aliphatic hydroxyl groups is 2. The molecule has 1 unspecified atom stereocenters. The lowest BCUT2D eigenvalue weighted by Gasteiger charge is -2.16. The fourth-order valence-corrected chi connectivity index (χ4v) is 6.35. The van der Waals surface area contributed by atoms with Crippen molar-refractivity contribution in [3.63, 3.8) is 0 Å². The smallest absolute Gasteiger partial charge is 0.328 e. The third-order valence-corrected chi connectivity index (χ3v) is 8.59. The summed E-state index contributed by atoms with van der Waals surface area (Å²) in [6, 6.07) is 22.3. The highest BCUT2D eigenvalue weighted by atomic mass is 32.2. The molecule has 0 aliphatic rings. The van der Waals surface area contributed by atoms with E-state index in [2.05, 4.69) is 21.9 Å². The predicted octanol–water partition coefficient (Wildman–Crippen LogP) is 4.49. The number of aromatic nitrogens is 2. The Morgan fingerprint density at radius 3 is 2.34 bits per heavy atom. The first kappa shape index (κ1) is 30.3. The summed E-state index contributed by atoms with van der Waals surface area (Å²) in [5.74, 6) is 0.830. The minimum Gasteiger partial charge on any atom is -0.393 e. The first-order valence-corrected chi connectivity index (χ1v) is 15.9. The number of urea groups is 1. The molecule has 2 amide bonds. The molecule has 0 spiro atoms. The number of imidazole rings is 1. The van der Waals surface area contributed by atoms with Crippen molar-refractivity contribution in [3.05, 3.63) is 102 Å². The van der Waals surface area contributed by atoms with E-state index in [4.69, 9.17) is 0 Å². The molecule has 4 rings (SSSR count). The van der Waals surface area contributed by atoms with Crippen molar-refractivity contribution in [1.29, 1.82) is 0 Å². The number of hydrogen-bond donors (Lipinski definition) is 4. The molecule has 4 N–H and O–H groups in total. The fourth-order valence-electron chi connectivity index (χ4n) is 4.54. The summed E-state index contributed by atoms with van der Waals surface area (Å²) < 4.78 is 30.4. The summed E-state index contributed by atoms with van der Waals surface area (Å²) in [6.07, 6.45) is 2.44. The average molecular weight is 595 g/mol. The monoisotopic (exact) mass is 594 g/mol. The molecule has 41 heavy (non-hydrogen) atoms. The van der Waals surface area contributed by atoms with Crippen LogP contribution in [0.1, 0.15) is 42.1 Å². The Labute approximate surface area is 244 Å². The highest BCUT2D eigenvalue weighted by Crippen LogP contribution is 2.30. The van der Waals surface area contributed by atoms with Gasteiger partial charge in [0.25, 0.3) is 10.0 Å². The quantitative estimate of drug-likeness (QED) is 0.178. The van der Waals surface area contributed by atoms with Crippen molar-refractivity contribution >= 4 is 27.8 Å². The molecular formula is C30H34N4O5S2. The van der Waals surface area contributed by atoms with E-state index in [-0.39, 0.29) is 11.4 Å². The van der Waals surface area contributed by atoms with Gasteiger partial charge in [0.05, 0.1) is 17.2 Å². The predicted molar refractivity (Wildman–Crippen MR) is 160 cm³/mol. The minimum absolute atomic E-state index is 0.0135. The Balaban J connectivity index is 1.56. The number of nitrogens with zero attached hydrogens (tertiary/aromatic N) is 2. The molecule has 0 saturated heterocycles. The zero-order chi connectivity index (χ0) is 29.4. The summed E-state index contributed by atoms with van der Waals surface area (Å²) in [4.78, 5) is 17.1. The SMILES string of the molecule is CCCc1nc(SC)c(C(O)CO)n1Cc1ccc(-c2ccccc2S(=O)(=O)NC(=O)NCc2ccccc2)cc1. The van der Waals surface area contributed by atoms with Crippen LogP contribution in [0, 0.1) is 0 Å². The Morgan fingerprint density at radius 2 is 1.68 bits per heavy atom. The Hall–Kier alpha value is -3.64. The second-order valence-electron chi connectivity index (χ2n) is 9.42. The second-order valence-corrected chi connectivity index (χ2v) is 11.9. The molecule has 3 aromatic carbocycles. The zero-order valence-corrected chi connectivity index (χ0v) is 24.6. The second kappa shape index (κ2) is 13.8. The van der Waals surface area contributed by atoms with E-state index in [1.807, 2.05) is 65.4 Å². The van der Waals surface area contributed by atoms with Gasteiger partial charge in [-0.1, -0.05) is 79.7 Å². The number of sulfonamides is 1. The lowest BCUT2D eigenvalue weighted by Crippen LogP contribution is -2.39. The highest BCUT2D eigenvalue weighted by Gasteiger charge is 2.24. The van der Waals surface area contributed by atoms with Gasteiger partial charge in [0, 0.05) is 25.1 Å². The van der Waals surface area contributed by atoms with Crippen molar-refractivity contribution in [3.8, 4) is 11.1 Å². The van der Waals surface area contributed by atoms with Crippen LogP contribution < -0.4 is 10.0 Å². The molecule has 0 radical (unpaired) electrons. The molecule has 0 bridgehead atoms. The van der Waals surface area contributed by atoms with Crippen LogP contribution in [-0.4, -0.2) is 47.1 Å². The molecule has 4 aromatic rings. The van der Waals surface area contributed by atoms with Gasteiger partial charge in [-0.2, -0.15) is 0 Å². The van der Waals surface area contributed by atoms with Gasteiger partial charge in [0.1, 0.15) is 17.0 Å². The van der Waals surface area contributed by atoms with Gasteiger partial charge in [-0.3, -0.25) is 0 Å². The van der Waals surface area contributed by atoms with Crippen LogP contribution in [0.25, 0.3) is 11.1 Å². The molecule has 0 fully saturated rings. The van der Waals surface area contributed by atoms with E-state index in [1.54, 1.807) is 18.2 Å². The summed E-state index contributed by atoms with van der Waals surface area (Å²) in [6.45, 7) is 2.27. The van der Waals surface area contributed by atoms with Crippen molar-refractivity contribution in [2.45, 2.75) is 48.9 Å². The molecular weight excluding hydrogens is 560 g/mol. The normalized spacial score (nSPS) is 12.2. The zero-order valence-electron chi connectivity index (χ0n) is 22.9. The van der Waals surface area contributed by atoms with Crippen LogP contribution in [0.2, 0.25) is 0 Å². The van der Waals surface area contributed by atoms with Crippen LogP contribution in [0.5, 0.6) is 0 Å². The number of benzene rings is 3. The largest absolute Gasteiger partial charge is 0.393 e. The van der Waals surface area contributed by atoms with E-state index in [1.165, 1.54) is 17.8 Å². The van der Waals surface area contributed by atoms with E-state index in [9.17, 15) is 23.4 Å². The maximum Gasteiger partial charge on any atom is 0.328 e. The van der Waals surface area contributed by atoms with E-state index >= 15 is 0 Å². The Morgan fingerprint density at radius 1 is 1.00 bits per heavy atom. The number of carbonyl (C=O) groups is 1. The first-order chi connectivity index (χ1) is 19.8. The molecule has 0 saturated carbocycles. The number of carbonyl (C=O) groups excluding carboxylic acids is 1. The van der Waals surface area contributed by atoms with Gasteiger partial charge in [0.15, 0.2) is 0 Å². The summed E-state index contributed by atoms with van der Waals surface area (Å²) >= 11 is 1.43. The van der Waals surface area contributed by atoms with Crippen LogP contribution >= 0.6 is 11.8 Å². The van der Waals surface area contributed by atoms with Gasteiger partial charge in [-0.15, -0.1) is 11.8 Å². The lowest BCUT2D eigenvalue weighted by atomic mass is 10.0. The van der Waals surface area contributed by atoms with Crippen LogP contribution in [0.4, 0.5) is 4.79 Å². The van der Waals surface area contributed by atoms with E-state index in [0.29, 0.717) is 28.4 Å². The fraction of sp³-hybridized carbons (Fsp3) is 0.267. The molecule has 0 aliphatic carbocycles. The maximum absolute atomic E-state index is 13.2. The summed E-state index contributed by atoms with van der Waals surface area (Å²) in [5, 5.41) is 23.4. The molecule has 1 aromatic heterocycles. The number of aryl methyl sites for hydroxylation is 1. The number of thioether (sulfide) groups is 1. The number of nitrogens with one attached hydrogen (secondary N) is 2. The average Bonchev–Trinajstić information content (AvgIpc) is 3.33. The number of hydrogen-bond acceptors (Lipinski definition) is 7. The molecule has 0 aliphatic heterocycles. The van der Waals surface area contributed by atoms with Crippen molar-refractivity contribution in [2.24, 2.45) is 0 Å². The third-order valence-electron chi connectivity index (χ3n) is 6.51. The van der Waals surface area contributed by atoms with Gasteiger partial charge < -0.3 is 20.1 Å². The molecule has 9 nitrogen and oxygen atoms in total. The standard InChI is InChI=1S/C30H34N4O5S2/c1-3-9-27-32-29(40-2)28(25(36)20-35)34(27)19-22-14-16-23(17-15-22)24-12-7-8-13-26(24)41(38,39)33-30(37)31-18-21-10-5-4-6-11-21/h4-8,10-17,25,35-36H,3,9,18-20H2,1-2H3,(H2,31,33,37). The first-order valence-electron chi connectivity index (χ1n) is 13.2. The Kier molecular flexibility index (Phi) is 10.2. The van der Waals surface area contributed by atoms with Crippen LogP contribution in [0.15, 0.2) is 88.8 Å². The summed E-state index contributed by atoms with van der Waals surface area (Å²) in [5.41, 5.74) is 3.47. The number of rotatable bonds is 12. The van der Waals surface area contributed by atoms with Gasteiger partial charge in [0.2, 0.25) is 0 Å². The van der Waals surface area contributed by atoms with Gasteiger partial charge in [-0.05, 0) is 35.4 Å². The number of aliphatic hydroxyl groups excluding tert-OH is 2. The van der Waals surface area contributed by atoms with Gasteiger partial charge >= 0.3 is 6.03 Å². The van der Waals surface area contributed by atoms with E-state index in [0.717, 1.165) is 29.8 Å². The molecule has 11 heteroatoms. The lowest BCUT2D eigenvalue weighted by molar-refractivity contribution is 0.0870. The minimum atomic E-state index is -4.16.